The third-order valence-corrected chi connectivity index (χ3v) is 3.60. The summed E-state index contributed by atoms with van der Waals surface area (Å²) < 4.78 is 6.53. The minimum absolute atomic E-state index is 0.167. The van der Waals surface area contributed by atoms with E-state index < -0.39 is 6.04 Å². The molecule has 1 amide bonds. The molecular weight excluding hydrogens is 296 g/mol. The number of hydrogen-bond acceptors (Lipinski definition) is 3. The van der Waals surface area contributed by atoms with Crippen LogP contribution >= 0.6 is 15.9 Å². The highest BCUT2D eigenvalue weighted by Gasteiger charge is 2.28. The number of ether oxygens (including phenoxy) is 1. The molecule has 0 aromatic heterocycles. The maximum Gasteiger partial charge on any atom is 0.245 e. The van der Waals surface area contributed by atoms with Crippen LogP contribution in [0.1, 0.15) is 37.8 Å². The standard InChI is InChI=1S/C13H17BrN2O2/c1-2-3-4-5-18-11-7-10-8(6-9(11)14)12(15)13(17)16-10/h6-7,12H,2-5,15H2,1H3,(H,16,17). The minimum Gasteiger partial charge on any atom is -0.492 e. The second kappa shape index (κ2) is 5.71. The van der Waals surface area contributed by atoms with Crippen molar-refractivity contribution in [3.05, 3.63) is 22.2 Å². The molecule has 5 heteroatoms. The average molecular weight is 313 g/mol. The number of amides is 1. The Balaban J connectivity index is 2.10. The van der Waals surface area contributed by atoms with E-state index in [9.17, 15) is 4.79 Å². The van der Waals surface area contributed by atoms with Gasteiger partial charge in [-0.3, -0.25) is 4.79 Å². The molecule has 1 aromatic rings. The van der Waals surface area contributed by atoms with Gasteiger partial charge in [-0.15, -0.1) is 0 Å². The first kappa shape index (κ1) is 13.4. The summed E-state index contributed by atoms with van der Waals surface area (Å²) in [5.41, 5.74) is 7.34. The van der Waals surface area contributed by atoms with Crippen LogP contribution in [-0.4, -0.2) is 12.5 Å². The van der Waals surface area contributed by atoms with Crippen molar-refractivity contribution in [2.45, 2.75) is 32.2 Å². The van der Waals surface area contributed by atoms with Gasteiger partial charge in [-0.25, -0.2) is 0 Å². The van der Waals surface area contributed by atoms with E-state index in [1.807, 2.05) is 12.1 Å². The van der Waals surface area contributed by atoms with Crippen LogP contribution < -0.4 is 15.8 Å². The quantitative estimate of drug-likeness (QED) is 0.822. The highest BCUT2D eigenvalue weighted by molar-refractivity contribution is 9.10. The first-order valence-electron chi connectivity index (χ1n) is 6.16. The van der Waals surface area contributed by atoms with Crippen LogP contribution in [0.2, 0.25) is 0 Å². The molecule has 1 aliphatic heterocycles. The van der Waals surface area contributed by atoms with E-state index in [2.05, 4.69) is 28.2 Å². The molecule has 0 spiro atoms. The molecule has 0 saturated carbocycles. The zero-order valence-corrected chi connectivity index (χ0v) is 11.9. The van der Waals surface area contributed by atoms with Crippen molar-refractivity contribution in [3.63, 3.8) is 0 Å². The first-order valence-corrected chi connectivity index (χ1v) is 6.95. The van der Waals surface area contributed by atoms with Crippen LogP contribution in [0.15, 0.2) is 16.6 Å². The number of unbranched alkanes of at least 4 members (excludes halogenated alkanes) is 2. The molecule has 0 fully saturated rings. The fourth-order valence-electron chi connectivity index (χ4n) is 1.93. The molecule has 3 N–H and O–H groups in total. The summed E-state index contributed by atoms with van der Waals surface area (Å²) in [7, 11) is 0. The lowest BCUT2D eigenvalue weighted by atomic mass is 10.1. The van der Waals surface area contributed by atoms with Gasteiger partial charge in [0.05, 0.1) is 11.1 Å². The maximum absolute atomic E-state index is 11.5. The zero-order valence-electron chi connectivity index (χ0n) is 10.3. The van der Waals surface area contributed by atoms with E-state index in [0.29, 0.717) is 6.61 Å². The van der Waals surface area contributed by atoms with Gasteiger partial charge in [-0.2, -0.15) is 0 Å². The Labute approximate surface area is 115 Å². The molecule has 98 valence electrons. The molecule has 1 aromatic carbocycles. The van der Waals surface area contributed by atoms with Crippen LogP contribution in [0.4, 0.5) is 5.69 Å². The number of nitrogens with one attached hydrogen (secondary N) is 1. The average Bonchev–Trinajstić information content (AvgIpc) is 2.61. The van der Waals surface area contributed by atoms with Crippen LogP contribution in [0.3, 0.4) is 0 Å². The Bertz CT molecular complexity index is 463. The van der Waals surface area contributed by atoms with Gasteiger partial charge < -0.3 is 15.8 Å². The lowest BCUT2D eigenvalue weighted by Gasteiger charge is -2.10. The Morgan fingerprint density at radius 1 is 1.44 bits per heavy atom. The minimum atomic E-state index is -0.578. The molecule has 0 radical (unpaired) electrons. The summed E-state index contributed by atoms with van der Waals surface area (Å²) in [5.74, 6) is 0.583. The highest BCUT2D eigenvalue weighted by Crippen LogP contribution is 2.37. The summed E-state index contributed by atoms with van der Waals surface area (Å²) in [5, 5.41) is 2.75. The molecule has 2 rings (SSSR count). The van der Waals surface area contributed by atoms with Crippen molar-refractivity contribution in [3.8, 4) is 5.75 Å². The number of anilines is 1. The summed E-state index contributed by atoms with van der Waals surface area (Å²) in [6.07, 6.45) is 3.36. The van der Waals surface area contributed by atoms with E-state index in [-0.39, 0.29) is 5.91 Å². The number of carbonyl (C=O) groups excluding carboxylic acids is 1. The molecular formula is C13H17BrN2O2. The molecule has 1 unspecified atom stereocenters. The van der Waals surface area contributed by atoms with Gasteiger partial charge in [0.2, 0.25) is 5.91 Å². The second-order valence-corrected chi connectivity index (χ2v) is 5.25. The van der Waals surface area contributed by atoms with Crippen LogP contribution in [0.25, 0.3) is 0 Å². The van der Waals surface area contributed by atoms with E-state index in [1.165, 1.54) is 6.42 Å². The topological polar surface area (TPSA) is 64.3 Å². The largest absolute Gasteiger partial charge is 0.492 e. The Kier molecular flexibility index (Phi) is 4.24. The summed E-state index contributed by atoms with van der Waals surface area (Å²) in [4.78, 5) is 11.5. The summed E-state index contributed by atoms with van der Waals surface area (Å²) >= 11 is 3.45. The van der Waals surface area contributed by atoms with Gasteiger partial charge in [0.15, 0.2) is 0 Å². The second-order valence-electron chi connectivity index (χ2n) is 4.39. The van der Waals surface area contributed by atoms with Crippen molar-refractivity contribution in [1.29, 1.82) is 0 Å². The lowest BCUT2D eigenvalue weighted by molar-refractivity contribution is -0.116. The zero-order chi connectivity index (χ0) is 13.1. The fourth-order valence-corrected chi connectivity index (χ4v) is 2.41. The SMILES string of the molecule is CCCCCOc1cc2c(cc1Br)C(N)C(=O)N2. The molecule has 4 nitrogen and oxygen atoms in total. The molecule has 0 bridgehead atoms. The highest BCUT2D eigenvalue weighted by atomic mass is 79.9. The Morgan fingerprint density at radius 2 is 2.22 bits per heavy atom. The van der Waals surface area contributed by atoms with Gasteiger partial charge in [-0.05, 0) is 28.4 Å². The Morgan fingerprint density at radius 3 is 2.94 bits per heavy atom. The fraction of sp³-hybridized carbons (Fsp3) is 0.462. The van der Waals surface area contributed by atoms with Crippen molar-refractivity contribution in [2.24, 2.45) is 5.73 Å². The van der Waals surface area contributed by atoms with Crippen LogP contribution in [0, 0.1) is 0 Å². The lowest BCUT2D eigenvalue weighted by Crippen LogP contribution is -2.19. The number of rotatable bonds is 5. The summed E-state index contributed by atoms with van der Waals surface area (Å²) in [6, 6.07) is 3.11. The van der Waals surface area contributed by atoms with Gasteiger partial charge in [0.1, 0.15) is 11.8 Å². The normalized spacial score (nSPS) is 17.5. The van der Waals surface area contributed by atoms with E-state index in [1.54, 1.807) is 0 Å². The van der Waals surface area contributed by atoms with Gasteiger partial charge in [-0.1, -0.05) is 19.8 Å². The van der Waals surface area contributed by atoms with Crippen LogP contribution in [0.5, 0.6) is 5.75 Å². The van der Waals surface area contributed by atoms with E-state index in [0.717, 1.165) is 34.3 Å². The molecule has 1 heterocycles. The first-order chi connectivity index (χ1) is 8.63. The van der Waals surface area contributed by atoms with Crippen LogP contribution in [-0.2, 0) is 4.79 Å². The number of halogens is 1. The number of nitrogens with two attached hydrogens (primary N) is 1. The molecule has 0 saturated heterocycles. The third-order valence-electron chi connectivity index (χ3n) is 2.98. The molecule has 0 aliphatic carbocycles. The predicted octanol–water partition coefficient (Wildman–Crippen LogP) is 2.97. The predicted molar refractivity (Wildman–Crippen MR) is 74.7 cm³/mol. The number of carbonyl (C=O) groups is 1. The molecule has 1 aliphatic rings. The number of fused-ring (bicyclic) bond motifs is 1. The van der Waals surface area contributed by atoms with E-state index >= 15 is 0 Å². The maximum atomic E-state index is 11.5. The van der Waals surface area contributed by atoms with Crippen molar-refractivity contribution >= 4 is 27.5 Å². The Hall–Kier alpha value is -1.07. The van der Waals surface area contributed by atoms with E-state index in [4.69, 9.17) is 10.5 Å². The smallest absolute Gasteiger partial charge is 0.245 e. The number of hydrogen-bond donors (Lipinski definition) is 2. The van der Waals surface area contributed by atoms with Crippen molar-refractivity contribution < 1.29 is 9.53 Å². The molecule has 18 heavy (non-hydrogen) atoms. The van der Waals surface area contributed by atoms with Gasteiger partial charge in [0.25, 0.3) is 0 Å². The monoisotopic (exact) mass is 312 g/mol. The van der Waals surface area contributed by atoms with Gasteiger partial charge in [0, 0.05) is 17.3 Å². The number of benzene rings is 1. The van der Waals surface area contributed by atoms with Crippen molar-refractivity contribution in [2.75, 3.05) is 11.9 Å². The molecule has 1 atom stereocenters. The summed E-state index contributed by atoms with van der Waals surface area (Å²) in [6.45, 7) is 2.84. The van der Waals surface area contributed by atoms with Gasteiger partial charge >= 0.3 is 0 Å². The third kappa shape index (κ3) is 2.67. The van der Waals surface area contributed by atoms with Crippen molar-refractivity contribution in [1.82, 2.24) is 0 Å².